The van der Waals surface area contributed by atoms with Crippen LogP contribution in [-0.4, -0.2) is 24.1 Å². The van der Waals surface area contributed by atoms with Crippen LogP contribution in [0.3, 0.4) is 0 Å². The second-order valence-electron chi connectivity index (χ2n) is 7.91. The molecule has 0 radical (unpaired) electrons. The minimum absolute atomic E-state index is 0.125. The van der Waals surface area contributed by atoms with E-state index in [4.69, 9.17) is 4.42 Å². The summed E-state index contributed by atoms with van der Waals surface area (Å²) in [6.45, 7) is 2.02. The van der Waals surface area contributed by atoms with Gasteiger partial charge in [0.15, 0.2) is 5.16 Å². The molecule has 0 aliphatic rings. The SMILES string of the molecule is Cc1ccc(-n2c(=O)c3ccccc3n3c(SCc4coc(-c5ccccc5)n4)nnc23)cc1. The van der Waals surface area contributed by atoms with Gasteiger partial charge in [0.1, 0.15) is 6.26 Å². The van der Waals surface area contributed by atoms with Crippen LogP contribution in [0, 0.1) is 6.92 Å². The first-order valence-corrected chi connectivity index (χ1v) is 11.8. The van der Waals surface area contributed by atoms with E-state index in [2.05, 4.69) is 15.2 Å². The molecule has 0 N–H and O–H groups in total. The number of benzene rings is 3. The van der Waals surface area contributed by atoms with Crippen molar-refractivity contribution in [2.24, 2.45) is 0 Å². The molecule has 6 aromatic rings. The Hall–Kier alpha value is -4.17. The van der Waals surface area contributed by atoms with Gasteiger partial charge in [0.2, 0.25) is 11.7 Å². The predicted molar refractivity (Wildman–Crippen MR) is 132 cm³/mol. The molecule has 3 aromatic carbocycles. The molecule has 0 spiro atoms. The highest BCUT2D eigenvalue weighted by Gasteiger charge is 2.18. The number of para-hydroxylation sites is 1. The molecule has 6 rings (SSSR count). The molecule has 0 atom stereocenters. The number of aromatic nitrogens is 5. The summed E-state index contributed by atoms with van der Waals surface area (Å²) < 4.78 is 9.21. The molecular formula is C26H19N5O2S. The lowest BCUT2D eigenvalue weighted by atomic mass is 10.2. The van der Waals surface area contributed by atoms with Crippen molar-refractivity contribution in [3.05, 3.63) is 107 Å². The molecule has 0 amide bonds. The van der Waals surface area contributed by atoms with E-state index in [1.54, 1.807) is 10.8 Å². The number of rotatable bonds is 5. The van der Waals surface area contributed by atoms with Gasteiger partial charge in [-0.3, -0.25) is 9.20 Å². The van der Waals surface area contributed by atoms with Crippen molar-refractivity contribution < 1.29 is 4.42 Å². The Kier molecular flexibility index (Phi) is 5.00. The zero-order valence-corrected chi connectivity index (χ0v) is 19.1. The first kappa shape index (κ1) is 20.4. The van der Waals surface area contributed by atoms with Crippen LogP contribution in [0.15, 0.2) is 99.5 Å². The number of aryl methyl sites for hydroxylation is 1. The van der Waals surface area contributed by atoms with E-state index in [1.807, 2.05) is 90.2 Å². The van der Waals surface area contributed by atoms with E-state index in [0.29, 0.717) is 28.0 Å². The van der Waals surface area contributed by atoms with E-state index in [1.165, 1.54) is 11.8 Å². The molecule has 0 aliphatic carbocycles. The molecule has 0 fully saturated rings. The molecule has 0 saturated carbocycles. The maximum Gasteiger partial charge on any atom is 0.267 e. The smallest absolute Gasteiger partial charge is 0.267 e. The summed E-state index contributed by atoms with van der Waals surface area (Å²) in [4.78, 5) is 18.0. The van der Waals surface area contributed by atoms with Crippen LogP contribution in [0.4, 0.5) is 0 Å². The minimum Gasteiger partial charge on any atom is -0.444 e. The fraction of sp³-hybridized carbons (Fsp3) is 0.0769. The van der Waals surface area contributed by atoms with Crippen LogP contribution in [0.5, 0.6) is 0 Å². The van der Waals surface area contributed by atoms with Crippen LogP contribution in [0.25, 0.3) is 33.8 Å². The topological polar surface area (TPSA) is 78.2 Å². The fourth-order valence-electron chi connectivity index (χ4n) is 3.92. The van der Waals surface area contributed by atoms with Gasteiger partial charge < -0.3 is 4.42 Å². The van der Waals surface area contributed by atoms with Crippen molar-refractivity contribution in [1.82, 2.24) is 24.1 Å². The van der Waals surface area contributed by atoms with Gasteiger partial charge in [0.05, 0.1) is 22.3 Å². The maximum absolute atomic E-state index is 13.4. The molecule has 0 saturated heterocycles. The third-order valence-corrected chi connectivity index (χ3v) is 6.57. The molecule has 34 heavy (non-hydrogen) atoms. The number of fused-ring (bicyclic) bond motifs is 3. The summed E-state index contributed by atoms with van der Waals surface area (Å²) in [5.41, 5.74) is 4.24. The van der Waals surface area contributed by atoms with E-state index in [-0.39, 0.29) is 5.56 Å². The van der Waals surface area contributed by atoms with E-state index in [9.17, 15) is 4.79 Å². The molecule has 3 aromatic heterocycles. The Morgan fingerprint density at radius 2 is 1.68 bits per heavy atom. The standard InChI is InChI=1S/C26H19N5O2S/c1-17-11-13-20(14-12-17)30-24(32)21-9-5-6-10-22(21)31-25(30)28-29-26(31)34-16-19-15-33-23(27-19)18-7-3-2-4-8-18/h2-15H,16H2,1H3. The van der Waals surface area contributed by atoms with E-state index >= 15 is 0 Å². The largest absolute Gasteiger partial charge is 0.444 e. The van der Waals surface area contributed by atoms with Crippen LogP contribution in [0.1, 0.15) is 11.3 Å². The van der Waals surface area contributed by atoms with E-state index < -0.39 is 0 Å². The Morgan fingerprint density at radius 3 is 2.50 bits per heavy atom. The molecule has 8 heteroatoms. The Bertz CT molecular complexity index is 1680. The number of hydrogen-bond donors (Lipinski definition) is 0. The second-order valence-corrected chi connectivity index (χ2v) is 8.85. The summed E-state index contributed by atoms with van der Waals surface area (Å²) in [5, 5.41) is 10.1. The lowest BCUT2D eigenvalue weighted by Gasteiger charge is -2.11. The highest BCUT2D eigenvalue weighted by Crippen LogP contribution is 2.27. The third-order valence-electron chi connectivity index (χ3n) is 5.61. The average molecular weight is 466 g/mol. The van der Waals surface area contributed by atoms with Gasteiger partial charge in [-0.2, -0.15) is 0 Å². The van der Waals surface area contributed by atoms with Crippen molar-refractivity contribution in [2.45, 2.75) is 17.8 Å². The highest BCUT2D eigenvalue weighted by atomic mass is 32.2. The van der Waals surface area contributed by atoms with Gasteiger partial charge in [0.25, 0.3) is 5.56 Å². The van der Waals surface area contributed by atoms with Crippen LogP contribution >= 0.6 is 11.8 Å². The predicted octanol–water partition coefficient (Wildman–Crippen LogP) is 5.29. The van der Waals surface area contributed by atoms with Crippen LogP contribution in [-0.2, 0) is 5.75 Å². The Morgan fingerprint density at radius 1 is 0.912 bits per heavy atom. The maximum atomic E-state index is 13.4. The van der Waals surface area contributed by atoms with Crippen molar-refractivity contribution >= 4 is 28.4 Å². The Labute approximate surface area is 198 Å². The number of thioether (sulfide) groups is 1. The van der Waals surface area contributed by atoms with Crippen molar-refractivity contribution in [3.8, 4) is 17.1 Å². The summed E-state index contributed by atoms with van der Waals surface area (Å²) in [7, 11) is 0. The van der Waals surface area contributed by atoms with Gasteiger partial charge in [-0.05, 0) is 43.3 Å². The molecule has 3 heterocycles. The lowest BCUT2D eigenvalue weighted by Crippen LogP contribution is -2.21. The van der Waals surface area contributed by atoms with Crippen LogP contribution < -0.4 is 5.56 Å². The molecule has 0 bridgehead atoms. The molecule has 166 valence electrons. The third kappa shape index (κ3) is 3.48. The van der Waals surface area contributed by atoms with Crippen molar-refractivity contribution in [2.75, 3.05) is 0 Å². The summed E-state index contributed by atoms with van der Waals surface area (Å²) in [6.07, 6.45) is 1.67. The first-order chi connectivity index (χ1) is 16.7. The number of nitrogens with zero attached hydrogens (tertiary/aromatic N) is 5. The second kappa shape index (κ2) is 8.31. The fourth-order valence-corrected chi connectivity index (χ4v) is 4.74. The Balaban J connectivity index is 1.43. The molecular weight excluding hydrogens is 446 g/mol. The van der Waals surface area contributed by atoms with E-state index in [0.717, 1.165) is 28.0 Å². The summed E-state index contributed by atoms with van der Waals surface area (Å²) in [6, 6.07) is 25.1. The van der Waals surface area contributed by atoms with Crippen molar-refractivity contribution in [3.63, 3.8) is 0 Å². The first-order valence-electron chi connectivity index (χ1n) is 10.8. The van der Waals surface area contributed by atoms with Gasteiger partial charge in [-0.1, -0.05) is 59.8 Å². The summed E-state index contributed by atoms with van der Waals surface area (Å²) in [5.74, 6) is 1.61. The van der Waals surface area contributed by atoms with Crippen molar-refractivity contribution in [1.29, 1.82) is 0 Å². The van der Waals surface area contributed by atoms with Gasteiger partial charge in [0, 0.05) is 11.3 Å². The van der Waals surface area contributed by atoms with Gasteiger partial charge in [-0.25, -0.2) is 9.55 Å². The minimum atomic E-state index is -0.125. The average Bonchev–Trinajstić information content (AvgIpc) is 3.52. The van der Waals surface area contributed by atoms with Gasteiger partial charge in [-0.15, -0.1) is 10.2 Å². The number of oxazole rings is 1. The van der Waals surface area contributed by atoms with Crippen LogP contribution in [0.2, 0.25) is 0 Å². The normalized spacial score (nSPS) is 11.4. The monoisotopic (exact) mass is 465 g/mol. The zero-order valence-electron chi connectivity index (χ0n) is 18.3. The highest BCUT2D eigenvalue weighted by molar-refractivity contribution is 7.98. The number of hydrogen-bond acceptors (Lipinski definition) is 6. The molecule has 7 nitrogen and oxygen atoms in total. The zero-order chi connectivity index (χ0) is 23.1. The summed E-state index contributed by atoms with van der Waals surface area (Å²) >= 11 is 1.50. The lowest BCUT2D eigenvalue weighted by molar-refractivity contribution is 0.573. The quantitative estimate of drug-likeness (QED) is 0.322. The molecule has 0 unspecified atom stereocenters. The van der Waals surface area contributed by atoms with Gasteiger partial charge >= 0.3 is 0 Å². The molecule has 0 aliphatic heterocycles.